The van der Waals surface area contributed by atoms with Gasteiger partial charge in [-0.1, -0.05) is 25.9 Å². The maximum atomic E-state index is 12.2. The van der Waals surface area contributed by atoms with Crippen LogP contribution in [0.1, 0.15) is 38.4 Å². The van der Waals surface area contributed by atoms with Gasteiger partial charge in [0.2, 0.25) is 17.7 Å². The van der Waals surface area contributed by atoms with Crippen molar-refractivity contribution in [3.63, 3.8) is 0 Å². The lowest BCUT2D eigenvalue weighted by Crippen LogP contribution is -2.23. The van der Waals surface area contributed by atoms with E-state index < -0.39 is 0 Å². The van der Waals surface area contributed by atoms with Gasteiger partial charge in [-0.25, -0.2) is 0 Å². The minimum Gasteiger partial charge on any atom is -0.495 e. The third kappa shape index (κ3) is 4.39. The first-order chi connectivity index (χ1) is 12.8. The number of fused-ring (bicyclic) bond motifs is 1. The molecule has 3 N–H and O–H groups in total. The van der Waals surface area contributed by atoms with Crippen molar-refractivity contribution in [1.29, 1.82) is 0 Å². The highest BCUT2D eigenvalue weighted by molar-refractivity contribution is 5.96. The van der Waals surface area contributed by atoms with Gasteiger partial charge in [0.05, 0.1) is 25.0 Å². The number of benzene rings is 1. The van der Waals surface area contributed by atoms with Crippen molar-refractivity contribution in [2.24, 2.45) is 0 Å². The Balaban J connectivity index is 1.65. The number of nitrogens with zero attached hydrogens (tertiary/aromatic N) is 1. The fourth-order valence-electron chi connectivity index (χ4n) is 2.76. The normalized spacial score (nSPS) is 13.6. The van der Waals surface area contributed by atoms with E-state index in [0.29, 0.717) is 30.2 Å². The molecule has 0 unspecified atom stereocenters. The second kappa shape index (κ2) is 7.30. The first-order valence-corrected chi connectivity index (χ1v) is 8.78. The van der Waals surface area contributed by atoms with Crippen molar-refractivity contribution in [1.82, 2.24) is 5.16 Å². The highest BCUT2D eigenvalue weighted by Crippen LogP contribution is 2.34. The molecule has 1 aromatic heterocycles. The minimum atomic E-state index is -0.282. The Kier molecular flexibility index (Phi) is 5.07. The van der Waals surface area contributed by atoms with Crippen LogP contribution in [0.4, 0.5) is 17.3 Å². The molecule has 8 heteroatoms. The van der Waals surface area contributed by atoms with Crippen LogP contribution >= 0.6 is 0 Å². The second-order valence-electron chi connectivity index (χ2n) is 7.49. The largest absolute Gasteiger partial charge is 0.495 e. The lowest BCUT2D eigenvalue weighted by atomic mass is 9.92. The average Bonchev–Trinajstić information content (AvgIpc) is 3.08. The molecule has 2 amide bonds. The van der Waals surface area contributed by atoms with Crippen molar-refractivity contribution in [3.8, 4) is 5.75 Å². The molecule has 0 aliphatic carbocycles. The quantitative estimate of drug-likeness (QED) is 0.745. The molecular formula is C19H24N4O4. The third-order valence-corrected chi connectivity index (χ3v) is 4.30. The fraction of sp³-hybridized carbons (Fsp3) is 0.421. The van der Waals surface area contributed by atoms with Crippen LogP contribution in [-0.4, -0.2) is 30.6 Å². The van der Waals surface area contributed by atoms with Crippen LogP contribution in [0, 0.1) is 0 Å². The van der Waals surface area contributed by atoms with Gasteiger partial charge in [0.25, 0.3) is 0 Å². The maximum Gasteiger partial charge on any atom is 0.246 e. The van der Waals surface area contributed by atoms with Crippen LogP contribution in [0.25, 0.3) is 0 Å². The number of carbonyl (C=O) groups is 2. The van der Waals surface area contributed by atoms with Crippen molar-refractivity contribution in [2.45, 2.75) is 39.0 Å². The molecule has 0 atom stereocenters. The number of methoxy groups -OCH3 is 1. The predicted octanol–water partition coefficient (Wildman–Crippen LogP) is 2.92. The van der Waals surface area contributed by atoms with E-state index in [-0.39, 0.29) is 23.8 Å². The lowest BCUT2D eigenvalue weighted by molar-refractivity contribution is -0.116. The summed E-state index contributed by atoms with van der Waals surface area (Å²) in [5, 5.41) is 12.5. The van der Waals surface area contributed by atoms with Gasteiger partial charge in [0.15, 0.2) is 0 Å². The van der Waals surface area contributed by atoms with E-state index in [1.165, 1.54) is 0 Å². The zero-order valence-electron chi connectivity index (χ0n) is 15.9. The number of hydrogen-bond donors (Lipinski definition) is 3. The van der Waals surface area contributed by atoms with Crippen LogP contribution < -0.4 is 20.7 Å². The van der Waals surface area contributed by atoms with Crippen molar-refractivity contribution >= 4 is 29.1 Å². The summed E-state index contributed by atoms with van der Waals surface area (Å²) in [5.74, 6) is 0.621. The molecular weight excluding hydrogens is 348 g/mol. The Hall–Kier alpha value is -3.03. The highest BCUT2D eigenvalue weighted by atomic mass is 16.5. The molecule has 0 bridgehead atoms. The standard InChI is InChI=1S/C19H24N4O4/c1-19(2,3)15-9-18(27-23-15)22-17(25)10-20-13-8-12-11(7-14(13)26-4)5-6-16(24)21-12/h7-9,20H,5-6,10H2,1-4H3,(H,21,24)(H,22,25). The monoisotopic (exact) mass is 372 g/mol. The number of ether oxygens (including phenoxy) is 1. The van der Waals surface area contributed by atoms with Gasteiger partial charge < -0.3 is 19.9 Å². The number of aryl methyl sites for hydroxylation is 1. The Bertz CT molecular complexity index is 867. The van der Waals surface area contributed by atoms with Gasteiger partial charge >= 0.3 is 0 Å². The topological polar surface area (TPSA) is 105 Å². The number of rotatable bonds is 5. The summed E-state index contributed by atoms with van der Waals surface area (Å²) in [6, 6.07) is 5.37. The molecule has 1 aromatic carbocycles. The number of amides is 2. The molecule has 8 nitrogen and oxygen atoms in total. The second-order valence-corrected chi connectivity index (χ2v) is 7.49. The van der Waals surface area contributed by atoms with Crippen molar-refractivity contribution in [2.75, 3.05) is 29.6 Å². The molecule has 2 heterocycles. The summed E-state index contributed by atoms with van der Waals surface area (Å²) in [6.07, 6.45) is 1.12. The highest BCUT2D eigenvalue weighted by Gasteiger charge is 2.20. The van der Waals surface area contributed by atoms with Gasteiger partial charge in [-0.15, -0.1) is 0 Å². The maximum absolute atomic E-state index is 12.2. The Morgan fingerprint density at radius 3 is 2.74 bits per heavy atom. The van der Waals surface area contributed by atoms with Crippen molar-refractivity contribution < 1.29 is 18.8 Å². The minimum absolute atomic E-state index is 0.00858. The SMILES string of the molecule is COc1cc2c(cc1NCC(=O)Nc1cc(C(C)(C)C)no1)NC(=O)CC2. The van der Waals surface area contributed by atoms with Crippen molar-refractivity contribution in [3.05, 3.63) is 29.5 Å². The van der Waals surface area contributed by atoms with E-state index in [9.17, 15) is 9.59 Å². The van der Waals surface area contributed by atoms with E-state index >= 15 is 0 Å². The summed E-state index contributed by atoms with van der Waals surface area (Å²) < 4.78 is 10.6. The number of anilines is 3. The number of carbonyl (C=O) groups excluding carboxylic acids is 2. The molecule has 1 aliphatic heterocycles. The summed E-state index contributed by atoms with van der Waals surface area (Å²) in [5.41, 5.74) is 2.98. The van der Waals surface area contributed by atoms with E-state index in [1.54, 1.807) is 19.2 Å². The third-order valence-electron chi connectivity index (χ3n) is 4.30. The van der Waals surface area contributed by atoms with Crippen LogP contribution in [-0.2, 0) is 21.4 Å². The molecule has 1 aliphatic rings. The van der Waals surface area contributed by atoms with Gasteiger partial charge in [0, 0.05) is 23.6 Å². The number of aromatic nitrogens is 1. The molecule has 0 spiro atoms. The molecule has 3 rings (SSSR count). The molecule has 27 heavy (non-hydrogen) atoms. The van der Waals surface area contributed by atoms with E-state index in [2.05, 4.69) is 21.1 Å². The first kappa shape index (κ1) is 18.8. The molecule has 2 aromatic rings. The summed E-state index contributed by atoms with van der Waals surface area (Å²) >= 11 is 0. The van der Waals surface area contributed by atoms with Gasteiger partial charge in [-0.2, -0.15) is 0 Å². The lowest BCUT2D eigenvalue weighted by Gasteiger charge is -2.20. The summed E-state index contributed by atoms with van der Waals surface area (Å²) in [4.78, 5) is 23.8. The van der Waals surface area contributed by atoms with Gasteiger partial charge in [-0.3, -0.25) is 14.9 Å². The van der Waals surface area contributed by atoms with E-state index in [1.807, 2.05) is 26.8 Å². The molecule has 0 fully saturated rings. The van der Waals surface area contributed by atoms with Crippen LogP contribution in [0.15, 0.2) is 22.7 Å². The fourth-order valence-corrected chi connectivity index (χ4v) is 2.76. The van der Waals surface area contributed by atoms with E-state index in [4.69, 9.17) is 9.26 Å². The van der Waals surface area contributed by atoms with Gasteiger partial charge in [0.1, 0.15) is 5.75 Å². The Labute approximate surface area is 157 Å². The molecule has 0 radical (unpaired) electrons. The number of hydrogen-bond acceptors (Lipinski definition) is 6. The summed E-state index contributed by atoms with van der Waals surface area (Å²) in [6.45, 7) is 6.05. The Morgan fingerprint density at radius 1 is 1.30 bits per heavy atom. The van der Waals surface area contributed by atoms with Gasteiger partial charge in [-0.05, 0) is 24.1 Å². The molecule has 0 saturated heterocycles. The average molecular weight is 372 g/mol. The van der Waals surface area contributed by atoms with Crippen LogP contribution in [0.5, 0.6) is 5.75 Å². The van der Waals surface area contributed by atoms with Crippen LogP contribution in [0.3, 0.4) is 0 Å². The van der Waals surface area contributed by atoms with E-state index in [0.717, 1.165) is 16.9 Å². The summed E-state index contributed by atoms with van der Waals surface area (Å²) in [7, 11) is 1.57. The zero-order valence-corrected chi connectivity index (χ0v) is 15.9. The van der Waals surface area contributed by atoms with Crippen LogP contribution in [0.2, 0.25) is 0 Å². The molecule has 0 saturated carbocycles. The number of nitrogens with one attached hydrogen (secondary N) is 3. The zero-order chi connectivity index (χ0) is 19.6. The smallest absolute Gasteiger partial charge is 0.246 e. The Morgan fingerprint density at radius 2 is 2.07 bits per heavy atom. The predicted molar refractivity (Wildman–Crippen MR) is 102 cm³/mol. The first-order valence-electron chi connectivity index (χ1n) is 8.78. The molecule has 144 valence electrons.